The minimum Gasteiger partial charge on any atom is -0.370 e. The van der Waals surface area contributed by atoms with Crippen LogP contribution in [0.1, 0.15) is 11.1 Å². The van der Waals surface area contributed by atoms with E-state index in [0.717, 1.165) is 13.1 Å². The summed E-state index contributed by atoms with van der Waals surface area (Å²) < 4.78 is 13.7. The first-order valence-corrected chi connectivity index (χ1v) is 10.0. The van der Waals surface area contributed by atoms with Gasteiger partial charge >= 0.3 is 0 Å². The largest absolute Gasteiger partial charge is 0.370 e. The van der Waals surface area contributed by atoms with Crippen LogP contribution in [0.5, 0.6) is 0 Å². The Morgan fingerprint density at radius 1 is 1.04 bits per heavy atom. The highest BCUT2D eigenvalue weighted by Crippen LogP contribution is 2.19. The number of halogens is 1. The first kappa shape index (κ1) is 18.6. The minimum atomic E-state index is -0.206. The SMILES string of the molecule is CN=C(NCc1ccc(N2CCSCC2)cc1)NCc1ccccc1F. The van der Waals surface area contributed by atoms with Gasteiger partial charge in [0, 0.05) is 56.0 Å². The molecule has 2 aromatic rings. The van der Waals surface area contributed by atoms with E-state index in [4.69, 9.17) is 0 Å². The summed E-state index contributed by atoms with van der Waals surface area (Å²) in [5.74, 6) is 2.85. The maximum absolute atomic E-state index is 13.7. The Bertz CT molecular complexity index is 727. The monoisotopic (exact) mass is 372 g/mol. The molecule has 0 bridgehead atoms. The van der Waals surface area contributed by atoms with Crippen LogP contribution in [-0.2, 0) is 13.1 Å². The van der Waals surface area contributed by atoms with Gasteiger partial charge in [-0.05, 0) is 23.8 Å². The van der Waals surface area contributed by atoms with Crippen molar-refractivity contribution in [3.8, 4) is 0 Å². The highest BCUT2D eigenvalue weighted by Gasteiger charge is 2.10. The van der Waals surface area contributed by atoms with Gasteiger partial charge in [0.2, 0.25) is 0 Å². The molecule has 138 valence electrons. The number of thioether (sulfide) groups is 1. The van der Waals surface area contributed by atoms with Crippen LogP contribution in [0.2, 0.25) is 0 Å². The van der Waals surface area contributed by atoms with Crippen molar-refractivity contribution in [2.24, 2.45) is 4.99 Å². The van der Waals surface area contributed by atoms with Crippen LogP contribution in [-0.4, -0.2) is 37.6 Å². The van der Waals surface area contributed by atoms with Crippen LogP contribution < -0.4 is 15.5 Å². The summed E-state index contributed by atoms with van der Waals surface area (Å²) in [7, 11) is 1.72. The van der Waals surface area contributed by atoms with Gasteiger partial charge in [0.05, 0.1) is 0 Å². The number of hydrogen-bond donors (Lipinski definition) is 2. The molecule has 2 N–H and O–H groups in total. The van der Waals surface area contributed by atoms with Gasteiger partial charge < -0.3 is 15.5 Å². The zero-order valence-electron chi connectivity index (χ0n) is 15.0. The zero-order valence-corrected chi connectivity index (χ0v) is 15.9. The van der Waals surface area contributed by atoms with E-state index < -0.39 is 0 Å². The van der Waals surface area contributed by atoms with E-state index in [1.807, 2.05) is 17.8 Å². The molecule has 1 fully saturated rings. The third-order valence-corrected chi connectivity index (χ3v) is 5.34. The van der Waals surface area contributed by atoms with Gasteiger partial charge in [-0.1, -0.05) is 30.3 Å². The van der Waals surface area contributed by atoms with E-state index in [1.165, 1.54) is 28.8 Å². The van der Waals surface area contributed by atoms with Gasteiger partial charge in [0.15, 0.2) is 5.96 Å². The van der Waals surface area contributed by atoms with Gasteiger partial charge in [0.1, 0.15) is 5.82 Å². The number of nitrogens with zero attached hydrogens (tertiary/aromatic N) is 2. The average Bonchev–Trinajstić information content (AvgIpc) is 2.70. The molecule has 0 atom stereocenters. The minimum absolute atomic E-state index is 0.206. The van der Waals surface area contributed by atoms with Crippen LogP contribution in [0, 0.1) is 5.82 Å². The van der Waals surface area contributed by atoms with Gasteiger partial charge in [-0.25, -0.2) is 4.39 Å². The lowest BCUT2D eigenvalue weighted by atomic mass is 10.2. The molecule has 1 heterocycles. The molecule has 1 aliphatic heterocycles. The average molecular weight is 373 g/mol. The van der Waals surface area contributed by atoms with Crippen molar-refractivity contribution >= 4 is 23.4 Å². The van der Waals surface area contributed by atoms with Crippen molar-refractivity contribution in [2.45, 2.75) is 13.1 Å². The second-order valence-electron chi connectivity index (χ2n) is 6.14. The van der Waals surface area contributed by atoms with Crippen molar-refractivity contribution in [2.75, 3.05) is 36.5 Å². The zero-order chi connectivity index (χ0) is 18.2. The second-order valence-corrected chi connectivity index (χ2v) is 7.36. The molecular formula is C20H25FN4S. The molecule has 26 heavy (non-hydrogen) atoms. The van der Waals surface area contributed by atoms with Crippen LogP contribution in [0.15, 0.2) is 53.5 Å². The van der Waals surface area contributed by atoms with Crippen LogP contribution in [0.4, 0.5) is 10.1 Å². The molecule has 1 saturated heterocycles. The third kappa shape index (κ3) is 5.14. The fourth-order valence-corrected chi connectivity index (χ4v) is 3.78. The Hall–Kier alpha value is -2.21. The van der Waals surface area contributed by atoms with E-state index in [0.29, 0.717) is 24.6 Å². The number of aliphatic imine (C=N–C) groups is 1. The molecular weight excluding hydrogens is 347 g/mol. The number of benzene rings is 2. The van der Waals surface area contributed by atoms with Gasteiger partial charge in [-0.15, -0.1) is 0 Å². The molecule has 3 rings (SSSR count). The number of guanidine groups is 1. The third-order valence-electron chi connectivity index (χ3n) is 4.40. The second kappa shape index (κ2) is 9.48. The summed E-state index contributed by atoms with van der Waals surface area (Å²) in [6.07, 6.45) is 0. The molecule has 0 saturated carbocycles. The fraction of sp³-hybridized carbons (Fsp3) is 0.350. The molecule has 0 aliphatic carbocycles. The lowest BCUT2D eigenvalue weighted by Crippen LogP contribution is -2.36. The summed E-state index contributed by atoms with van der Waals surface area (Å²) in [4.78, 5) is 6.63. The maximum Gasteiger partial charge on any atom is 0.191 e. The predicted octanol–water partition coefficient (Wildman–Crippen LogP) is 3.24. The lowest BCUT2D eigenvalue weighted by molar-refractivity contribution is 0.604. The summed E-state index contributed by atoms with van der Waals surface area (Å²) in [5.41, 5.74) is 3.10. The van der Waals surface area contributed by atoms with Crippen LogP contribution in [0.25, 0.3) is 0 Å². The first-order chi connectivity index (χ1) is 12.8. The van der Waals surface area contributed by atoms with Gasteiger partial charge in [-0.3, -0.25) is 4.99 Å². The van der Waals surface area contributed by atoms with Crippen molar-refractivity contribution in [3.05, 3.63) is 65.5 Å². The number of hydrogen-bond acceptors (Lipinski definition) is 3. The number of anilines is 1. The molecule has 0 aromatic heterocycles. The van der Waals surface area contributed by atoms with E-state index in [9.17, 15) is 4.39 Å². The van der Waals surface area contributed by atoms with E-state index in [2.05, 4.69) is 44.8 Å². The number of nitrogens with one attached hydrogen (secondary N) is 2. The lowest BCUT2D eigenvalue weighted by Gasteiger charge is -2.28. The Morgan fingerprint density at radius 2 is 1.73 bits per heavy atom. The summed E-state index contributed by atoms with van der Waals surface area (Å²) in [6, 6.07) is 15.4. The topological polar surface area (TPSA) is 39.7 Å². The van der Waals surface area contributed by atoms with Gasteiger partial charge in [0.25, 0.3) is 0 Å². The Morgan fingerprint density at radius 3 is 2.42 bits per heavy atom. The van der Waals surface area contributed by atoms with E-state index >= 15 is 0 Å². The Kier molecular flexibility index (Phi) is 6.77. The van der Waals surface area contributed by atoms with Crippen LogP contribution >= 0.6 is 11.8 Å². The molecule has 0 amide bonds. The predicted molar refractivity (Wildman–Crippen MR) is 109 cm³/mol. The van der Waals surface area contributed by atoms with Crippen LogP contribution in [0.3, 0.4) is 0 Å². The molecule has 1 aliphatic rings. The molecule has 2 aromatic carbocycles. The molecule has 0 spiro atoms. The first-order valence-electron chi connectivity index (χ1n) is 8.86. The Balaban J connectivity index is 1.49. The fourth-order valence-electron chi connectivity index (χ4n) is 2.87. The van der Waals surface area contributed by atoms with E-state index in [-0.39, 0.29) is 5.82 Å². The summed E-state index contributed by atoms with van der Waals surface area (Å²) in [6.45, 7) is 3.31. The van der Waals surface area contributed by atoms with Gasteiger partial charge in [-0.2, -0.15) is 11.8 Å². The summed E-state index contributed by atoms with van der Waals surface area (Å²) >= 11 is 2.02. The number of rotatable bonds is 5. The molecule has 4 nitrogen and oxygen atoms in total. The van der Waals surface area contributed by atoms with Crippen molar-refractivity contribution < 1.29 is 4.39 Å². The standard InChI is InChI=1S/C20H25FN4S/c1-22-20(24-15-17-4-2-3-5-19(17)21)23-14-16-6-8-18(9-7-16)25-10-12-26-13-11-25/h2-9H,10-15H2,1H3,(H2,22,23,24). The van der Waals surface area contributed by atoms with E-state index in [1.54, 1.807) is 19.2 Å². The quantitative estimate of drug-likeness (QED) is 0.624. The van der Waals surface area contributed by atoms with Crippen molar-refractivity contribution in [1.82, 2.24) is 10.6 Å². The summed E-state index contributed by atoms with van der Waals surface area (Å²) in [5, 5.41) is 6.42. The normalized spacial score (nSPS) is 15.0. The van der Waals surface area contributed by atoms with Crippen molar-refractivity contribution in [1.29, 1.82) is 0 Å². The van der Waals surface area contributed by atoms with Crippen molar-refractivity contribution in [3.63, 3.8) is 0 Å². The molecule has 6 heteroatoms. The molecule has 0 unspecified atom stereocenters. The highest BCUT2D eigenvalue weighted by atomic mass is 32.2. The maximum atomic E-state index is 13.7. The molecule has 0 radical (unpaired) electrons. The Labute approximate surface area is 158 Å². The highest BCUT2D eigenvalue weighted by molar-refractivity contribution is 7.99. The smallest absolute Gasteiger partial charge is 0.191 e.